The summed E-state index contributed by atoms with van der Waals surface area (Å²) in [6, 6.07) is 7.93. The average Bonchev–Trinajstić information content (AvgIpc) is 2.72. The first kappa shape index (κ1) is 22.2. The Hall–Kier alpha value is -2.12. The fourth-order valence-electron chi connectivity index (χ4n) is 3.25. The molecule has 0 aliphatic carbocycles. The number of guanidine groups is 1. The number of methoxy groups -OCH3 is 1. The number of ether oxygens (including phenoxy) is 2. The predicted octanol–water partition coefficient (Wildman–Crippen LogP) is 2.28. The van der Waals surface area contributed by atoms with Crippen molar-refractivity contribution in [2.45, 2.75) is 38.7 Å². The van der Waals surface area contributed by atoms with Gasteiger partial charge in [0.2, 0.25) is 5.91 Å². The summed E-state index contributed by atoms with van der Waals surface area (Å²) in [7, 11) is 3.46. The molecule has 1 saturated heterocycles. The molecule has 1 fully saturated rings. The number of aryl methyl sites for hydroxylation is 1. The van der Waals surface area contributed by atoms with Gasteiger partial charge < -0.3 is 25.0 Å². The van der Waals surface area contributed by atoms with Crippen LogP contribution in [0, 0.1) is 0 Å². The first-order valence-corrected chi connectivity index (χ1v) is 10.1. The molecule has 1 amide bonds. The van der Waals surface area contributed by atoms with Crippen molar-refractivity contribution in [1.29, 1.82) is 0 Å². The Morgan fingerprint density at radius 2 is 2.07 bits per heavy atom. The number of hydrogen-bond donors (Lipinski definition) is 2. The van der Waals surface area contributed by atoms with Gasteiger partial charge in [-0.05, 0) is 43.4 Å². The van der Waals surface area contributed by atoms with Gasteiger partial charge in [0.25, 0.3) is 0 Å². The average molecular weight is 391 g/mol. The number of benzene rings is 1. The zero-order chi connectivity index (χ0) is 20.2. The minimum Gasteiger partial charge on any atom is -0.385 e. The molecular formula is C21H34N4O3. The molecular weight excluding hydrogens is 356 g/mol. The third-order valence-corrected chi connectivity index (χ3v) is 4.83. The summed E-state index contributed by atoms with van der Waals surface area (Å²) < 4.78 is 10.9. The molecule has 1 aliphatic heterocycles. The third kappa shape index (κ3) is 7.48. The van der Waals surface area contributed by atoms with Gasteiger partial charge in [0.15, 0.2) is 5.96 Å². The molecule has 7 heteroatoms. The number of nitrogens with one attached hydrogen (secondary N) is 2. The van der Waals surface area contributed by atoms with Crippen molar-refractivity contribution < 1.29 is 14.3 Å². The van der Waals surface area contributed by atoms with Crippen molar-refractivity contribution in [3.63, 3.8) is 0 Å². The van der Waals surface area contributed by atoms with Crippen molar-refractivity contribution in [1.82, 2.24) is 10.2 Å². The molecule has 2 rings (SSSR count). The van der Waals surface area contributed by atoms with E-state index < -0.39 is 0 Å². The van der Waals surface area contributed by atoms with Gasteiger partial charge in [-0.15, -0.1) is 0 Å². The van der Waals surface area contributed by atoms with Crippen LogP contribution in [0.4, 0.5) is 5.69 Å². The summed E-state index contributed by atoms with van der Waals surface area (Å²) in [4.78, 5) is 18.8. The maximum atomic E-state index is 12.3. The predicted molar refractivity (Wildman–Crippen MR) is 113 cm³/mol. The second-order valence-electron chi connectivity index (χ2n) is 6.91. The minimum absolute atomic E-state index is 0.0780. The maximum absolute atomic E-state index is 12.3. The monoisotopic (exact) mass is 390 g/mol. The number of carbonyl (C=O) groups is 1. The molecule has 0 atom stereocenters. The SMILES string of the molecule is CCc1cccc(NC(=O)CNC(=NC)N2CCC(OCCCOC)CC2)c1. The van der Waals surface area contributed by atoms with Crippen LogP contribution in [0.3, 0.4) is 0 Å². The normalized spacial score (nSPS) is 15.5. The number of piperidine rings is 1. The maximum Gasteiger partial charge on any atom is 0.243 e. The molecule has 1 aliphatic rings. The van der Waals surface area contributed by atoms with Crippen LogP contribution in [0.25, 0.3) is 0 Å². The van der Waals surface area contributed by atoms with Crippen molar-refractivity contribution in [3.8, 4) is 0 Å². The smallest absolute Gasteiger partial charge is 0.243 e. The number of likely N-dealkylation sites (tertiary alicyclic amines) is 1. The summed E-state index contributed by atoms with van der Waals surface area (Å²) in [6.07, 6.45) is 4.09. The Kier molecular flexibility index (Phi) is 9.79. The zero-order valence-electron chi connectivity index (χ0n) is 17.4. The zero-order valence-corrected chi connectivity index (χ0v) is 17.4. The molecule has 1 heterocycles. The van der Waals surface area contributed by atoms with Gasteiger partial charge in [-0.2, -0.15) is 0 Å². The van der Waals surface area contributed by atoms with Gasteiger partial charge in [0.05, 0.1) is 12.6 Å². The van der Waals surface area contributed by atoms with Crippen LogP contribution >= 0.6 is 0 Å². The van der Waals surface area contributed by atoms with Crippen LogP contribution in [-0.4, -0.2) is 69.9 Å². The first-order valence-electron chi connectivity index (χ1n) is 10.1. The molecule has 1 aromatic carbocycles. The summed E-state index contributed by atoms with van der Waals surface area (Å²) >= 11 is 0. The summed E-state index contributed by atoms with van der Waals surface area (Å²) in [5.74, 6) is 0.682. The minimum atomic E-state index is -0.0780. The van der Waals surface area contributed by atoms with Crippen molar-refractivity contribution in [2.24, 2.45) is 4.99 Å². The van der Waals surface area contributed by atoms with Crippen molar-refractivity contribution in [3.05, 3.63) is 29.8 Å². The van der Waals surface area contributed by atoms with E-state index in [-0.39, 0.29) is 12.5 Å². The number of hydrogen-bond acceptors (Lipinski definition) is 4. The van der Waals surface area contributed by atoms with Crippen LogP contribution in [-0.2, 0) is 20.7 Å². The Morgan fingerprint density at radius 1 is 1.29 bits per heavy atom. The van der Waals surface area contributed by atoms with E-state index in [1.54, 1.807) is 14.2 Å². The molecule has 0 unspecified atom stereocenters. The number of aliphatic imine (C=N–C) groups is 1. The van der Waals surface area contributed by atoms with E-state index in [0.717, 1.165) is 63.6 Å². The van der Waals surface area contributed by atoms with Crippen LogP contribution in [0.2, 0.25) is 0 Å². The number of amides is 1. The largest absolute Gasteiger partial charge is 0.385 e. The number of rotatable bonds is 9. The number of anilines is 1. The van der Waals surface area contributed by atoms with Gasteiger partial charge in [0, 0.05) is 46.1 Å². The molecule has 7 nitrogen and oxygen atoms in total. The lowest BCUT2D eigenvalue weighted by Gasteiger charge is -2.34. The highest BCUT2D eigenvalue weighted by Crippen LogP contribution is 2.14. The van der Waals surface area contributed by atoms with Crippen LogP contribution in [0.5, 0.6) is 0 Å². The second kappa shape index (κ2) is 12.4. The van der Waals surface area contributed by atoms with Crippen molar-refractivity contribution in [2.75, 3.05) is 52.3 Å². The van der Waals surface area contributed by atoms with E-state index in [9.17, 15) is 4.79 Å². The molecule has 0 bridgehead atoms. The highest BCUT2D eigenvalue weighted by atomic mass is 16.5. The van der Waals surface area contributed by atoms with E-state index in [2.05, 4.69) is 33.5 Å². The standard InChI is InChI=1S/C21H34N4O3/c1-4-17-7-5-8-18(15-17)24-20(26)16-23-21(22-2)25-11-9-19(10-12-25)28-14-6-13-27-3/h5,7-8,15,19H,4,6,9-14,16H2,1-3H3,(H,22,23)(H,24,26). The molecule has 0 spiro atoms. The molecule has 1 aromatic rings. The Balaban J connectivity index is 1.71. The fraction of sp³-hybridized carbons (Fsp3) is 0.619. The van der Waals surface area contributed by atoms with Crippen LogP contribution in [0.15, 0.2) is 29.3 Å². The summed E-state index contributed by atoms with van der Waals surface area (Å²) in [6.45, 7) is 5.51. The lowest BCUT2D eigenvalue weighted by atomic mass is 10.1. The van der Waals surface area contributed by atoms with Gasteiger partial charge in [0.1, 0.15) is 0 Å². The van der Waals surface area contributed by atoms with E-state index in [0.29, 0.717) is 6.10 Å². The Bertz CT molecular complexity index is 628. The number of nitrogens with zero attached hydrogens (tertiary/aromatic N) is 2. The van der Waals surface area contributed by atoms with Gasteiger partial charge in [-0.25, -0.2) is 0 Å². The Morgan fingerprint density at radius 3 is 2.75 bits per heavy atom. The quantitative estimate of drug-likeness (QED) is 0.384. The lowest BCUT2D eigenvalue weighted by molar-refractivity contribution is -0.115. The summed E-state index contributed by atoms with van der Waals surface area (Å²) in [5.41, 5.74) is 2.03. The molecule has 2 N–H and O–H groups in total. The van der Waals surface area contributed by atoms with E-state index in [1.165, 1.54) is 5.56 Å². The van der Waals surface area contributed by atoms with Gasteiger partial charge in [-0.3, -0.25) is 9.79 Å². The Labute approximate surface area is 168 Å². The topological polar surface area (TPSA) is 75.2 Å². The van der Waals surface area contributed by atoms with Gasteiger partial charge >= 0.3 is 0 Å². The van der Waals surface area contributed by atoms with Crippen molar-refractivity contribution >= 4 is 17.6 Å². The first-order chi connectivity index (χ1) is 13.7. The van der Waals surface area contributed by atoms with E-state index >= 15 is 0 Å². The third-order valence-electron chi connectivity index (χ3n) is 4.83. The van der Waals surface area contributed by atoms with Crippen LogP contribution < -0.4 is 10.6 Å². The molecule has 0 aromatic heterocycles. The molecule has 156 valence electrons. The highest BCUT2D eigenvalue weighted by molar-refractivity contribution is 5.95. The van der Waals surface area contributed by atoms with E-state index in [1.807, 2.05) is 18.2 Å². The molecule has 28 heavy (non-hydrogen) atoms. The lowest BCUT2D eigenvalue weighted by Crippen LogP contribution is -2.48. The number of carbonyl (C=O) groups excluding carboxylic acids is 1. The fourth-order valence-corrected chi connectivity index (χ4v) is 3.25. The molecule has 0 saturated carbocycles. The highest BCUT2D eigenvalue weighted by Gasteiger charge is 2.22. The summed E-state index contributed by atoms with van der Waals surface area (Å²) in [5, 5.41) is 6.10. The second-order valence-corrected chi connectivity index (χ2v) is 6.91. The van der Waals surface area contributed by atoms with Crippen LogP contribution in [0.1, 0.15) is 31.7 Å². The van der Waals surface area contributed by atoms with E-state index in [4.69, 9.17) is 9.47 Å². The molecule has 0 radical (unpaired) electrons. The van der Waals surface area contributed by atoms with Gasteiger partial charge in [-0.1, -0.05) is 19.1 Å².